The van der Waals surface area contributed by atoms with Crippen LogP contribution < -0.4 is 5.32 Å². The molecule has 1 unspecified atom stereocenters. The van der Waals surface area contributed by atoms with E-state index < -0.39 is 9.84 Å². The molecule has 2 saturated heterocycles. The van der Waals surface area contributed by atoms with E-state index in [0.717, 1.165) is 12.1 Å². The minimum absolute atomic E-state index is 0.0210. The number of aromatic nitrogens is 2. The molecule has 178 valence electrons. The fourth-order valence-corrected chi connectivity index (χ4v) is 6.11. The second-order valence-corrected chi connectivity index (χ2v) is 11.1. The van der Waals surface area contributed by atoms with Gasteiger partial charge in [-0.3, -0.25) is 14.5 Å². The SMILES string of the molecule is CCc1ccc(C(=O)N2CCN(CC(=O)Nc3cc(C)nn3C3CCS(=O)(=O)C3)CC2)cc1. The Bertz CT molecular complexity index is 1120. The Morgan fingerprint density at radius 3 is 2.42 bits per heavy atom. The normalized spacial score (nSPS) is 20.7. The highest BCUT2D eigenvalue weighted by atomic mass is 32.2. The summed E-state index contributed by atoms with van der Waals surface area (Å²) in [6.07, 6.45) is 1.44. The summed E-state index contributed by atoms with van der Waals surface area (Å²) in [7, 11) is -3.05. The van der Waals surface area contributed by atoms with Gasteiger partial charge < -0.3 is 10.2 Å². The highest BCUT2D eigenvalue weighted by molar-refractivity contribution is 7.91. The first kappa shape index (κ1) is 23.4. The molecule has 4 rings (SSSR count). The number of nitrogens with zero attached hydrogens (tertiary/aromatic N) is 4. The molecule has 2 fully saturated rings. The maximum absolute atomic E-state index is 12.8. The number of aryl methyl sites for hydroxylation is 2. The summed E-state index contributed by atoms with van der Waals surface area (Å²) in [6, 6.07) is 9.25. The third-order valence-electron chi connectivity index (χ3n) is 6.32. The molecule has 0 radical (unpaired) electrons. The molecule has 2 aliphatic rings. The monoisotopic (exact) mass is 473 g/mol. The van der Waals surface area contributed by atoms with Crippen molar-refractivity contribution >= 4 is 27.5 Å². The zero-order valence-electron chi connectivity index (χ0n) is 19.2. The average Bonchev–Trinajstić information content (AvgIpc) is 3.34. The van der Waals surface area contributed by atoms with E-state index in [0.29, 0.717) is 44.0 Å². The molecule has 1 aromatic carbocycles. The lowest BCUT2D eigenvalue weighted by Crippen LogP contribution is -2.50. The third kappa shape index (κ3) is 5.62. The summed E-state index contributed by atoms with van der Waals surface area (Å²) in [4.78, 5) is 29.3. The Morgan fingerprint density at radius 1 is 1.12 bits per heavy atom. The van der Waals surface area contributed by atoms with Gasteiger partial charge in [-0.05, 0) is 37.5 Å². The Balaban J connectivity index is 1.30. The van der Waals surface area contributed by atoms with Crippen LogP contribution in [0, 0.1) is 6.92 Å². The molecule has 1 aromatic heterocycles. The number of nitrogens with one attached hydrogen (secondary N) is 1. The van der Waals surface area contributed by atoms with Crippen molar-refractivity contribution < 1.29 is 18.0 Å². The van der Waals surface area contributed by atoms with Gasteiger partial charge in [-0.1, -0.05) is 19.1 Å². The van der Waals surface area contributed by atoms with Gasteiger partial charge in [0, 0.05) is 37.8 Å². The molecule has 1 N–H and O–H groups in total. The van der Waals surface area contributed by atoms with Gasteiger partial charge in [0.05, 0.1) is 29.8 Å². The van der Waals surface area contributed by atoms with Crippen molar-refractivity contribution in [2.24, 2.45) is 0 Å². The van der Waals surface area contributed by atoms with Crippen LogP contribution in [0.5, 0.6) is 0 Å². The average molecular weight is 474 g/mol. The Labute approximate surface area is 194 Å². The number of benzene rings is 1. The van der Waals surface area contributed by atoms with Crippen molar-refractivity contribution in [3.63, 3.8) is 0 Å². The molecule has 0 aliphatic carbocycles. The van der Waals surface area contributed by atoms with E-state index in [4.69, 9.17) is 0 Å². The highest BCUT2D eigenvalue weighted by Crippen LogP contribution is 2.27. The number of sulfone groups is 1. The van der Waals surface area contributed by atoms with Gasteiger partial charge >= 0.3 is 0 Å². The molecule has 3 heterocycles. The zero-order valence-corrected chi connectivity index (χ0v) is 20.0. The molecule has 33 heavy (non-hydrogen) atoms. The van der Waals surface area contributed by atoms with E-state index in [9.17, 15) is 18.0 Å². The quantitative estimate of drug-likeness (QED) is 0.682. The van der Waals surface area contributed by atoms with E-state index in [2.05, 4.69) is 17.3 Å². The second kappa shape index (κ2) is 9.64. The van der Waals surface area contributed by atoms with E-state index in [-0.39, 0.29) is 35.9 Å². The van der Waals surface area contributed by atoms with Crippen molar-refractivity contribution in [2.45, 2.75) is 32.7 Å². The van der Waals surface area contributed by atoms with Crippen LogP contribution in [0.15, 0.2) is 30.3 Å². The largest absolute Gasteiger partial charge is 0.336 e. The summed E-state index contributed by atoms with van der Waals surface area (Å²) in [5.41, 5.74) is 2.62. The molecule has 2 aromatic rings. The van der Waals surface area contributed by atoms with Gasteiger partial charge in [0.2, 0.25) is 5.91 Å². The van der Waals surface area contributed by atoms with Gasteiger partial charge in [0.15, 0.2) is 9.84 Å². The van der Waals surface area contributed by atoms with E-state index in [1.54, 1.807) is 10.7 Å². The van der Waals surface area contributed by atoms with Gasteiger partial charge in [0.1, 0.15) is 5.82 Å². The van der Waals surface area contributed by atoms with Gasteiger partial charge in [-0.2, -0.15) is 5.10 Å². The highest BCUT2D eigenvalue weighted by Gasteiger charge is 2.31. The van der Waals surface area contributed by atoms with Crippen LogP contribution in [0.25, 0.3) is 0 Å². The molecular formula is C23H31N5O4S. The van der Waals surface area contributed by atoms with Crippen molar-refractivity contribution in [3.05, 3.63) is 47.2 Å². The first-order valence-corrected chi connectivity index (χ1v) is 13.2. The summed E-state index contributed by atoms with van der Waals surface area (Å²) >= 11 is 0. The van der Waals surface area contributed by atoms with Crippen LogP contribution in [-0.2, 0) is 21.1 Å². The minimum atomic E-state index is -3.05. The van der Waals surface area contributed by atoms with E-state index in [1.165, 1.54) is 5.56 Å². The molecule has 9 nitrogen and oxygen atoms in total. The van der Waals surface area contributed by atoms with Crippen LogP contribution >= 0.6 is 0 Å². The third-order valence-corrected chi connectivity index (χ3v) is 8.07. The summed E-state index contributed by atoms with van der Waals surface area (Å²) in [5, 5.41) is 7.30. The van der Waals surface area contributed by atoms with Crippen LogP contribution in [0.3, 0.4) is 0 Å². The summed E-state index contributed by atoms with van der Waals surface area (Å²) < 4.78 is 25.3. The standard InChI is InChI=1S/C23H31N5O4S/c1-3-18-4-6-19(7-5-18)23(30)27-11-9-26(10-12-27)15-22(29)24-21-14-17(2)25-28(21)20-8-13-33(31,32)16-20/h4-7,14,20H,3,8-13,15-16H2,1-2H3,(H,24,29). The first-order chi connectivity index (χ1) is 15.7. The minimum Gasteiger partial charge on any atom is -0.336 e. The van der Waals surface area contributed by atoms with Crippen LogP contribution in [0.2, 0.25) is 0 Å². The summed E-state index contributed by atoms with van der Waals surface area (Å²) in [5.74, 6) is 0.577. The van der Waals surface area contributed by atoms with Crippen LogP contribution in [-0.4, -0.2) is 84.0 Å². The van der Waals surface area contributed by atoms with Crippen molar-refractivity contribution in [1.82, 2.24) is 19.6 Å². The van der Waals surface area contributed by atoms with Crippen LogP contribution in [0.4, 0.5) is 5.82 Å². The van der Waals surface area contributed by atoms with E-state index >= 15 is 0 Å². The number of amides is 2. The lowest BCUT2D eigenvalue weighted by atomic mass is 10.1. The number of anilines is 1. The fourth-order valence-electron chi connectivity index (χ4n) is 4.42. The summed E-state index contributed by atoms with van der Waals surface area (Å²) in [6.45, 7) is 6.48. The predicted molar refractivity (Wildman–Crippen MR) is 126 cm³/mol. The van der Waals surface area contributed by atoms with Crippen molar-refractivity contribution in [2.75, 3.05) is 49.5 Å². The predicted octanol–water partition coefficient (Wildman–Crippen LogP) is 1.51. The zero-order chi connectivity index (χ0) is 23.6. The maximum atomic E-state index is 12.8. The topological polar surface area (TPSA) is 105 Å². The molecule has 10 heteroatoms. The van der Waals surface area contributed by atoms with Gasteiger partial charge in [-0.25, -0.2) is 13.1 Å². The van der Waals surface area contributed by atoms with Gasteiger partial charge in [-0.15, -0.1) is 0 Å². The van der Waals surface area contributed by atoms with Crippen LogP contribution in [0.1, 0.15) is 41.0 Å². The molecule has 0 spiro atoms. The molecule has 2 amide bonds. The Hall–Kier alpha value is -2.72. The number of rotatable bonds is 6. The number of hydrogen-bond acceptors (Lipinski definition) is 6. The van der Waals surface area contributed by atoms with Gasteiger partial charge in [0.25, 0.3) is 5.91 Å². The molecule has 0 saturated carbocycles. The number of piperazine rings is 1. The molecule has 1 atom stereocenters. The number of carbonyl (C=O) groups is 2. The van der Waals surface area contributed by atoms with E-state index in [1.807, 2.05) is 41.0 Å². The lowest BCUT2D eigenvalue weighted by molar-refractivity contribution is -0.117. The lowest BCUT2D eigenvalue weighted by Gasteiger charge is -2.34. The Kier molecular flexibility index (Phi) is 6.85. The second-order valence-electron chi connectivity index (χ2n) is 8.84. The molecule has 0 bridgehead atoms. The Morgan fingerprint density at radius 2 is 1.82 bits per heavy atom. The van der Waals surface area contributed by atoms with Crippen molar-refractivity contribution in [3.8, 4) is 0 Å². The number of hydrogen-bond donors (Lipinski definition) is 1. The fraction of sp³-hybridized carbons (Fsp3) is 0.522. The molecule has 2 aliphatic heterocycles. The first-order valence-electron chi connectivity index (χ1n) is 11.4. The maximum Gasteiger partial charge on any atom is 0.253 e. The molecular weight excluding hydrogens is 442 g/mol. The number of carbonyl (C=O) groups excluding carboxylic acids is 2. The van der Waals surface area contributed by atoms with Crippen molar-refractivity contribution in [1.29, 1.82) is 0 Å². The smallest absolute Gasteiger partial charge is 0.253 e.